The number of ether oxygens (including phenoxy) is 1. The Labute approximate surface area is 119 Å². The van der Waals surface area contributed by atoms with Gasteiger partial charge in [0.05, 0.1) is 25.2 Å². The molecule has 2 aromatic rings. The number of nitrogens with zero attached hydrogens (tertiary/aromatic N) is 2. The van der Waals surface area contributed by atoms with Crippen LogP contribution in [0.3, 0.4) is 0 Å². The van der Waals surface area contributed by atoms with Gasteiger partial charge in [-0.15, -0.1) is 0 Å². The number of benzene rings is 1. The molecular formula is C16H21N3O. The number of nitrogens with two attached hydrogens (primary N) is 1. The Morgan fingerprint density at radius 1 is 1.35 bits per heavy atom. The lowest BCUT2D eigenvalue weighted by Crippen LogP contribution is -2.22. The first-order valence-corrected chi connectivity index (χ1v) is 7.22. The van der Waals surface area contributed by atoms with Crippen LogP contribution in [-0.2, 0) is 12.8 Å². The molecule has 1 atom stereocenters. The second-order valence-electron chi connectivity index (χ2n) is 5.28. The molecule has 1 aliphatic rings. The molecule has 1 aromatic heterocycles. The molecule has 0 spiro atoms. The summed E-state index contributed by atoms with van der Waals surface area (Å²) in [6.45, 7) is 0.565. The fourth-order valence-corrected chi connectivity index (χ4v) is 3.02. The van der Waals surface area contributed by atoms with Gasteiger partial charge in [0.2, 0.25) is 0 Å². The van der Waals surface area contributed by atoms with Crippen molar-refractivity contribution < 1.29 is 4.74 Å². The van der Waals surface area contributed by atoms with Gasteiger partial charge in [0.15, 0.2) is 0 Å². The highest BCUT2D eigenvalue weighted by Crippen LogP contribution is 2.27. The van der Waals surface area contributed by atoms with Crippen LogP contribution in [0, 0.1) is 0 Å². The third-order valence-electron chi connectivity index (χ3n) is 4.10. The summed E-state index contributed by atoms with van der Waals surface area (Å²) >= 11 is 0. The number of imidazole rings is 1. The number of aryl methyl sites for hydroxylation is 1. The summed E-state index contributed by atoms with van der Waals surface area (Å²) in [5.74, 6) is 0.870. The van der Waals surface area contributed by atoms with Gasteiger partial charge in [-0.1, -0.05) is 12.1 Å². The van der Waals surface area contributed by atoms with Gasteiger partial charge in [0.1, 0.15) is 5.75 Å². The number of methoxy groups -OCH3 is 1. The number of rotatable bonds is 4. The Kier molecular flexibility index (Phi) is 3.74. The maximum Gasteiger partial charge on any atom is 0.119 e. The summed E-state index contributed by atoms with van der Waals surface area (Å²) < 4.78 is 7.57. The van der Waals surface area contributed by atoms with Gasteiger partial charge < -0.3 is 15.0 Å². The summed E-state index contributed by atoms with van der Waals surface area (Å²) in [6.07, 6.45) is 6.64. The van der Waals surface area contributed by atoms with E-state index in [1.807, 2.05) is 18.5 Å². The molecule has 0 saturated heterocycles. The van der Waals surface area contributed by atoms with Crippen molar-refractivity contribution in [3.8, 4) is 5.75 Å². The Bertz CT molecular complexity index is 591. The highest BCUT2D eigenvalue weighted by atomic mass is 16.5. The van der Waals surface area contributed by atoms with E-state index >= 15 is 0 Å². The zero-order valence-corrected chi connectivity index (χ0v) is 11.9. The largest absolute Gasteiger partial charge is 0.497 e. The molecule has 20 heavy (non-hydrogen) atoms. The van der Waals surface area contributed by atoms with E-state index in [1.54, 1.807) is 7.11 Å². The molecule has 1 heterocycles. The van der Waals surface area contributed by atoms with Gasteiger partial charge in [0.25, 0.3) is 0 Å². The van der Waals surface area contributed by atoms with E-state index in [4.69, 9.17) is 10.5 Å². The zero-order chi connectivity index (χ0) is 13.9. The molecule has 1 unspecified atom stereocenters. The zero-order valence-electron chi connectivity index (χ0n) is 11.9. The number of hydrogen-bond donors (Lipinski definition) is 1. The van der Waals surface area contributed by atoms with E-state index in [1.165, 1.54) is 29.8 Å². The highest BCUT2D eigenvalue weighted by molar-refractivity contribution is 5.32. The van der Waals surface area contributed by atoms with Crippen molar-refractivity contribution in [1.82, 2.24) is 9.55 Å². The minimum atomic E-state index is 0.138. The topological polar surface area (TPSA) is 53.1 Å². The summed E-state index contributed by atoms with van der Waals surface area (Å²) in [5, 5.41) is 0. The molecule has 2 N–H and O–H groups in total. The molecule has 0 radical (unpaired) electrons. The van der Waals surface area contributed by atoms with Crippen LogP contribution >= 0.6 is 0 Å². The smallest absolute Gasteiger partial charge is 0.119 e. The second-order valence-corrected chi connectivity index (χ2v) is 5.28. The van der Waals surface area contributed by atoms with Gasteiger partial charge in [-0.25, -0.2) is 4.98 Å². The van der Waals surface area contributed by atoms with Gasteiger partial charge in [-0.05, 0) is 43.4 Å². The van der Waals surface area contributed by atoms with Crippen molar-refractivity contribution >= 4 is 0 Å². The quantitative estimate of drug-likeness (QED) is 0.928. The lowest BCUT2D eigenvalue weighted by atomic mass is 9.99. The van der Waals surface area contributed by atoms with Crippen LogP contribution in [0.25, 0.3) is 0 Å². The summed E-state index contributed by atoms with van der Waals surface area (Å²) in [4.78, 5) is 4.57. The molecule has 0 amide bonds. The SMILES string of the molecule is COc1cccc(C(CN)n2cnc3c2CCCC3)c1. The van der Waals surface area contributed by atoms with Crippen LogP contribution < -0.4 is 10.5 Å². The van der Waals surface area contributed by atoms with Gasteiger partial charge >= 0.3 is 0 Å². The highest BCUT2D eigenvalue weighted by Gasteiger charge is 2.21. The maximum absolute atomic E-state index is 6.03. The number of aromatic nitrogens is 2. The number of hydrogen-bond acceptors (Lipinski definition) is 3. The first-order chi connectivity index (χ1) is 9.83. The Morgan fingerprint density at radius 3 is 3.00 bits per heavy atom. The van der Waals surface area contributed by atoms with Crippen LogP contribution in [0.2, 0.25) is 0 Å². The standard InChI is InChI=1S/C16H21N3O/c1-20-13-6-4-5-12(9-13)16(10-17)19-11-18-14-7-2-3-8-15(14)19/h4-6,9,11,16H,2-3,7-8,10,17H2,1H3. The first-order valence-electron chi connectivity index (χ1n) is 7.22. The minimum Gasteiger partial charge on any atom is -0.497 e. The van der Waals surface area contributed by atoms with Crippen LogP contribution in [-0.4, -0.2) is 23.2 Å². The molecule has 106 valence electrons. The van der Waals surface area contributed by atoms with Crippen molar-refractivity contribution in [3.05, 3.63) is 47.5 Å². The van der Waals surface area contributed by atoms with Gasteiger partial charge in [-0.3, -0.25) is 0 Å². The Hall–Kier alpha value is -1.81. The Morgan fingerprint density at radius 2 is 2.20 bits per heavy atom. The van der Waals surface area contributed by atoms with Crippen molar-refractivity contribution in [2.45, 2.75) is 31.7 Å². The van der Waals surface area contributed by atoms with Crippen molar-refractivity contribution in [2.75, 3.05) is 13.7 Å². The predicted octanol–water partition coefficient (Wildman–Crippen LogP) is 2.32. The molecule has 0 fully saturated rings. The van der Waals surface area contributed by atoms with Gasteiger partial charge in [0, 0.05) is 12.2 Å². The number of fused-ring (bicyclic) bond motifs is 1. The lowest BCUT2D eigenvalue weighted by molar-refractivity contribution is 0.413. The monoisotopic (exact) mass is 271 g/mol. The fraction of sp³-hybridized carbons (Fsp3) is 0.438. The van der Waals surface area contributed by atoms with E-state index in [0.29, 0.717) is 6.54 Å². The van der Waals surface area contributed by atoms with E-state index in [9.17, 15) is 0 Å². The summed E-state index contributed by atoms with van der Waals surface area (Å²) in [6, 6.07) is 8.28. The first kappa shape index (κ1) is 13.2. The van der Waals surface area contributed by atoms with Crippen molar-refractivity contribution in [3.63, 3.8) is 0 Å². The van der Waals surface area contributed by atoms with E-state index in [0.717, 1.165) is 18.6 Å². The van der Waals surface area contributed by atoms with Crippen LogP contribution in [0.15, 0.2) is 30.6 Å². The maximum atomic E-state index is 6.03. The normalized spacial score (nSPS) is 15.7. The molecule has 4 heteroatoms. The second kappa shape index (κ2) is 5.67. The average molecular weight is 271 g/mol. The van der Waals surface area contributed by atoms with E-state index < -0.39 is 0 Å². The fourth-order valence-electron chi connectivity index (χ4n) is 3.02. The molecule has 1 aliphatic carbocycles. The molecule has 0 bridgehead atoms. The summed E-state index contributed by atoms with van der Waals surface area (Å²) in [7, 11) is 1.69. The van der Waals surface area contributed by atoms with Crippen LogP contribution in [0.4, 0.5) is 0 Å². The minimum absolute atomic E-state index is 0.138. The molecular weight excluding hydrogens is 250 g/mol. The van der Waals surface area contributed by atoms with Crippen LogP contribution in [0.1, 0.15) is 35.8 Å². The van der Waals surface area contributed by atoms with Crippen molar-refractivity contribution in [2.24, 2.45) is 5.73 Å². The van der Waals surface area contributed by atoms with Crippen LogP contribution in [0.5, 0.6) is 5.75 Å². The summed E-state index contributed by atoms with van der Waals surface area (Å²) in [5.41, 5.74) is 9.81. The molecule has 0 saturated carbocycles. The van der Waals surface area contributed by atoms with Gasteiger partial charge in [-0.2, -0.15) is 0 Å². The lowest BCUT2D eigenvalue weighted by Gasteiger charge is -2.22. The third-order valence-corrected chi connectivity index (χ3v) is 4.10. The molecule has 1 aromatic carbocycles. The average Bonchev–Trinajstić information content (AvgIpc) is 2.93. The third kappa shape index (κ3) is 2.31. The Balaban J connectivity index is 1.99. The van der Waals surface area contributed by atoms with E-state index in [2.05, 4.69) is 21.7 Å². The molecule has 3 rings (SSSR count). The van der Waals surface area contributed by atoms with E-state index in [-0.39, 0.29) is 6.04 Å². The molecule has 0 aliphatic heterocycles. The molecule has 4 nitrogen and oxygen atoms in total. The van der Waals surface area contributed by atoms with Crippen molar-refractivity contribution in [1.29, 1.82) is 0 Å². The predicted molar refractivity (Wildman–Crippen MR) is 79.1 cm³/mol.